The molecule has 0 bridgehead atoms. The van der Waals surface area contributed by atoms with Gasteiger partial charge in [-0.15, -0.1) is 0 Å². The number of aromatic nitrogens is 2. The number of hydrogen-bond acceptors (Lipinski definition) is 4. The number of nitrogens with one attached hydrogen (secondary N) is 3. The van der Waals surface area contributed by atoms with Gasteiger partial charge < -0.3 is 9.88 Å². The van der Waals surface area contributed by atoms with Crippen LogP contribution in [0.5, 0.6) is 0 Å². The summed E-state index contributed by atoms with van der Waals surface area (Å²) in [4.78, 5) is 22.6. The fourth-order valence-corrected chi connectivity index (χ4v) is 3.65. The Hall–Kier alpha value is -2.18. The first-order valence-corrected chi connectivity index (χ1v) is 9.16. The van der Waals surface area contributed by atoms with Crippen LogP contribution in [0.25, 0.3) is 11.4 Å². The van der Waals surface area contributed by atoms with Crippen molar-refractivity contribution >= 4 is 5.91 Å². The first-order valence-electron chi connectivity index (χ1n) is 9.16. The van der Waals surface area contributed by atoms with Crippen molar-refractivity contribution in [3.63, 3.8) is 0 Å². The summed E-state index contributed by atoms with van der Waals surface area (Å²) < 4.78 is 0. The Labute approximate surface area is 148 Å². The maximum atomic E-state index is 12.5. The molecule has 0 radical (unpaired) electrons. The molecule has 1 amide bonds. The van der Waals surface area contributed by atoms with E-state index in [1.165, 1.54) is 0 Å². The molecule has 2 aliphatic heterocycles. The number of hydrazine groups is 1. The second kappa shape index (κ2) is 7.37. The summed E-state index contributed by atoms with van der Waals surface area (Å²) in [5, 5.41) is 0. The summed E-state index contributed by atoms with van der Waals surface area (Å²) in [7, 11) is 0. The summed E-state index contributed by atoms with van der Waals surface area (Å²) in [6.07, 6.45) is 3.55. The van der Waals surface area contributed by atoms with E-state index in [-0.39, 0.29) is 5.91 Å². The van der Waals surface area contributed by atoms with Gasteiger partial charge in [-0.05, 0) is 18.8 Å². The van der Waals surface area contributed by atoms with Crippen LogP contribution in [0, 0.1) is 5.92 Å². The highest BCUT2D eigenvalue weighted by Crippen LogP contribution is 2.23. The standard InChI is InChI=1S/C19H25N5O/c25-18(8-4-5-14-11-20-21-12-14)24-10-9-16-17(13-24)23-19(22-16)15-6-2-1-3-7-15/h1-3,6-7,14,20-21H,4-5,8-13H2,(H,22,23). The molecule has 4 rings (SSSR count). The van der Waals surface area contributed by atoms with E-state index in [1.807, 2.05) is 23.1 Å². The molecule has 3 heterocycles. The minimum absolute atomic E-state index is 0.264. The molecule has 1 fully saturated rings. The summed E-state index contributed by atoms with van der Waals surface area (Å²) in [5.74, 6) is 1.82. The SMILES string of the molecule is O=C(CCCC1CNNC1)N1CCc2nc(-c3ccccc3)[nH]c2C1. The molecule has 1 saturated heterocycles. The highest BCUT2D eigenvalue weighted by Gasteiger charge is 2.24. The normalized spacial score (nSPS) is 17.7. The zero-order valence-corrected chi connectivity index (χ0v) is 14.4. The largest absolute Gasteiger partial charge is 0.340 e. The molecule has 6 heteroatoms. The first-order chi connectivity index (χ1) is 12.3. The summed E-state index contributed by atoms with van der Waals surface area (Å²) in [5.41, 5.74) is 9.57. The minimum Gasteiger partial charge on any atom is -0.340 e. The predicted molar refractivity (Wildman–Crippen MR) is 96.5 cm³/mol. The Morgan fingerprint density at radius 3 is 2.80 bits per heavy atom. The predicted octanol–water partition coefficient (Wildman–Crippen LogP) is 1.86. The lowest BCUT2D eigenvalue weighted by molar-refractivity contribution is -0.132. The topological polar surface area (TPSA) is 73.1 Å². The van der Waals surface area contributed by atoms with Gasteiger partial charge >= 0.3 is 0 Å². The van der Waals surface area contributed by atoms with Crippen LogP contribution in [-0.4, -0.2) is 40.4 Å². The zero-order valence-electron chi connectivity index (χ0n) is 14.4. The number of hydrogen-bond donors (Lipinski definition) is 3. The fourth-order valence-electron chi connectivity index (χ4n) is 3.65. The molecule has 0 atom stereocenters. The summed E-state index contributed by atoms with van der Waals surface area (Å²) in [6, 6.07) is 10.1. The van der Waals surface area contributed by atoms with E-state index in [1.54, 1.807) is 0 Å². The van der Waals surface area contributed by atoms with Crippen LogP contribution in [0.3, 0.4) is 0 Å². The Morgan fingerprint density at radius 1 is 1.20 bits per heavy atom. The van der Waals surface area contributed by atoms with Gasteiger partial charge in [0.2, 0.25) is 5.91 Å². The molecule has 0 spiro atoms. The molecule has 25 heavy (non-hydrogen) atoms. The number of carbonyl (C=O) groups excluding carboxylic acids is 1. The van der Waals surface area contributed by atoms with Crippen molar-refractivity contribution in [2.45, 2.75) is 32.2 Å². The van der Waals surface area contributed by atoms with Crippen LogP contribution in [-0.2, 0) is 17.8 Å². The van der Waals surface area contributed by atoms with Gasteiger partial charge in [-0.1, -0.05) is 30.3 Å². The van der Waals surface area contributed by atoms with Crippen molar-refractivity contribution in [3.8, 4) is 11.4 Å². The van der Waals surface area contributed by atoms with Crippen molar-refractivity contribution in [2.24, 2.45) is 5.92 Å². The van der Waals surface area contributed by atoms with Gasteiger partial charge in [-0.3, -0.25) is 15.6 Å². The Kier molecular flexibility index (Phi) is 4.81. The highest BCUT2D eigenvalue weighted by molar-refractivity contribution is 5.76. The zero-order chi connectivity index (χ0) is 17.1. The molecular formula is C19H25N5O. The van der Waals surface area contributed by atoms with Crippen LogP contribution in [0.4, 0.5) is 0 Å². The van der Waals surface area contributed by atoms with E-state index in [0.29, 0.717) is 18.9 Å². The van der Waals surface area contributed by atoms with Crippen molar-refractivity contribution < 1.29 is 4.79 Å². The number of fused-ring (bicyclic) bond motifs is 1. The van der Waals surface area contributed by atoms with E-state index in [4.69, 9.17) is 4.98 Å². The van der Waals surface area contributed by atoms with E-state index in [2.05, 4.69) is 28.0 Å². The van der Waals surface area contributed by atoms with E-state index >= 15 is 0 Å². The lowest BCUT2D eigenvalue weighted by Gasteiger charge is -2.26. The molecular weight excluding hydrogens is 314 g/mol. The van der Waals surface area contributed by atoms with E-state index in [0.717, 1.165) is 61.7 Å². The van der Waals surface area contributed by atoms with Gasteiger partial charge in [0.1, 0.15) is 5.82 Å². The Bertz CT molecular complexity index is 721. The number of benzene rings is 1. The molecule has 2 aromatic rings. The Morgan fingerprint density at radius 2 is 2.00 bits per heavy atom. The monoisotopic (exact) mass is 339 g/mol. The van der Waals surface area contributed by atoms with Gasteiger partial charge in [0.05, 0.1) is 17.9 Å². The molecule has 2 aliphatic rings. The quantitative estimate of drug-likeness (QED) is 0.777. The third kappa shape index (κ3) is 3.75. The smallest absolute Gasteiger partial charge is 0.222 e. The minimum atomic E-state index is 0.264. The molecule has 1 aromatic carbocycles. The third-order valence-corrected chi connectivity index (χ3v) is 5.14. The van der Waals surface area contributed by atoms with Crippen molar-refractivity contribution in [1.29, 1.82) is 0 Å². The van der Waals surface area contributed by atoms with Crippen molar-refractivity contribution in [1.82, 2.24) is 25.7 Å². The van der Waals surface area contributed by atoms with Crippen LogP contribution in [0.15, 0.2) is 30.3 Å². The maximum Gasteiger partial charge on any atom is 0.222 e. The third-order valence-electron chi connectivity index (χ3n) is 5.14. The maximum absolute atomic E-state index is 12.5. The average Bonchev–Trinajstić information content (AvgIpc) is 3.31. The molecule has 6 nitrogen and oxygen atoms in total. The fraction of sp³-hybridized carbons (Fsp3) is 0.474. The lowest BCUT2D eigenvalue weighted by atomic mass is 10.0. The van der Waals surface area contributed by atoms with Crippen LogP contribution < -0.4 is 10.9 Å². The van der Waals surface area contributed by atoms with Gasteiger partial charge in [0, 0.05) is 38.0 Å². The molecule has 0 aliphatic carbocycles. The van der Waals surface area contributed by atoms with Crippen LogP contribution in [0.1, 0.15) is 30.7 Å². The van der Waals surface area contributed by atoms with Gasteiger partial charge in [-0.25, -0.2) is 4.98 Å². The van der Waals surface area contributed by atoms with E-state index < -0.39 is 0 Å². The average molecular weight is 339 g/mol. The Balaban J connectivity index is 1.34. The van der Waals surface area contributed by atoms with Crippen molar-refractivity contribution in [2.75, 3.05) is 19.6 Å². The second-order valence-electron chi connectivity index (χ2n) is 6.96. The van der Waals surface area contributed by atoms with Gasteiger partial charge in [0.15, 0.2) is 0 Å². The number of aromatic amines is 1. The first kappa shape index (κ1) is 16.3. The molecule has 1 aromatic heterocycles. The van der Waals surface area contributed by atoms with Crippen LogP contribution >= 0.6 is 0 Å². The second-order valence-corrected chi connectivity index (χ2v) is 6.96. The summed E-state index contributed by atoms with van der Waals surface area (Å²) in [6.45, 7) is 3.45. The number of nitrogens with zero attached hydrogens (tertiary/aromatic N) is 2. The van der Waals surface area contributed by atoms with Crippen molar-refractivity contribution in [3.05, 3.63) is 41.7 Å². The number of H-pyrrole nitrogens is 1. The molecule has 0 saturated carbocycles. The van der Waals surface area contributed by atoms with Gasteiger partial charge in [-0.2, -0.15) is 0 Å². The van der Waals surface area contributed by atoms with Gasteiger partial charge in [0.25, 0.3) is 0 Å². The molecule has 3 N–H and O–H groups in total. The molecule has 132 valence electrons. The number of amides is 1. The number of rotatable bonds is 5. The van der Waals surface area contributed by atoms with E-state index in [9.17, 15) is 4.79 Å². The van der Waals surface area contributed by atoms with Crippen LogP contribution in [0.2, 0.25) is 0 Å². The number of imidazole rings is 1. The molecule has 0 unspecified atom stereocenters. The lowest BCUT2D eigenvalue weighted by Crippen LogP contribution is -2.35. The summed E-state index contributed by atoms with van der Waals surface area (Å²) >= 11 is 0. The highest BCUT2D eigenvalue weighted by atomic mass is 16.2. The number of carbonyl (C=O) groups is 1.